The third kappa shape index (κ3) is 4.10. The number of hydrogen-bond acceptors (Lipinski definition) is 1. The van der Waals surface area contributed by atoms with Crippen LogP contribution in [0, 0.1) is 0 Å². The van der Waals surface area contributed by atoms with E-state index in [1.165, 1.54) is 0 Å². The van der Waals surface area contributed by atoms with Crippen molar-refractivity contribution in [1.29, 1.82) is 0 Å². The predicted molar refractivity (Wildman–Crippen MR) is 63.6 cm³/mol. The Kier molecular flexibility index (Phi) is 6.50. The molecule has 0 bridgehead atoms. The van der Waals surface area contributed by atoms with Gasteiger partial charge in [0.15, 0.2) is 0 Å². The molecule has 0 aliphatic carbocycles. The number of quaternary nitrogens is 1. The molecule has 0 aromatic heterocycles. The summed E-state index contributed by atoms with van der Waals surface area (Å²) >= 11 is 0. The van der Waals surface area contributed by atoms with E-state index in [0.717, 1.165) is 30.7 Å². The number of nitrogens with zero attached hydrogens (tertiary/aromatic N) is 1. The minimum absolute atomic E-state index is 0.865. The molecule has 0 radical (unpaired) electrons. The summed E-state index contributed by atoms with van der Waals surface area (Å²) in [4.78, 5) is 0. The maximum Gasteiger partial charge on any atom is 0.0998 e. The second-order valence-electron chi connectivity index (χ2n) is 3.37. The van der Waals surface area contributed by atoms with Crippen molar-refractivity contribution in [2.75, 3.05) is 26.2 Å². The highest BCUT2D eigenvalue weighted by molar-refractivity contribution is 4.82. The van der Waals surface area contributed by atoms with E-state index in [0.29, 0.717) is 0 Å². The Morgan fingerprint density at radius 3 is 1.57 bits per heavy atom. The monoisotopic (exact) mass is 193 g/mol. The van der Waals surface area contributed by atoms with Crippen LogP contribution in [-0.4, -0.2) is 30.7 Å². The molecule has 0 aliphatic rings. The van der Waals surface area contributed by atoms with E-state index in [1.807, 2.05) is 24.3 Å². The Hall–Kier alpha value is -1.28. The molecule has 2 N–H and O–H groups in total. The molecule has 0 heterocycles. The molecule has 0 saturated carbocycles. The van der Waals surface area contributed by atoms with E-state index in [4.69, 9.17) is 5.73 Å². The molecule has 0 saturated heterocycles. The quantitative estimate of drug-likeness (QED) is 0.462. The first-order chi connectivity index (χ1) is 6.74. The van der Waals surface area contributed by atoms with Crippen molar-refractivity contribution in [2.24, 2.45) is 5.73 Å². The van der Waals surface area contributed by atoms with Crippen molar-refractivity contribution in [3.63, 3.8) is 0 Å². The lowest BCUT2D eigenvalue weighted by atomic mass is 10.3. The van der Waals surface area contributed by atoms with E-state index in [1.54, 1.807) is 6.20 Å². The largest absolute Gasteiger partial charge is 0.405 e. The third-order valence-corrected chi connectivity index (χ3v) is 2.18. The molecule has 78 valence electrons. The Balaban J connectivity index is 4.59. The smallest absolute Gasteiger partial charge is 0.0998 e. The first-order valence-corrected chi connectivity index (χ1v) is 4.79. The van der Waals surface area contributed by atoms with Gasteiger partial charge in [-0.25, -0.2) is 0 Å². The Bertz CT molecular complexity index is 190. The van der Waals surface area contributed by atoms with Crippen LogP contribution < -0.4 is 5.73 Å². The average Bonchev–Trinajstić information content (AvgIpc) is 2.16. The minimum Gasteiger partial charge on any atom is -0.405 e. The molecule has 0 aromatic rings. The van der Waals surface area contributed by atoms with E-state index in [9.17, 15) is 0 Å². The van der Waals surface area contributed by atoms with Gasteiger partial charge in [-0.3, -0.25) is 0 Å². The van der Waals surface area contributed by atoms with Gasteiger partial charge in [0.2, 0.25) is 0 Å². The molecular formula is C12H21N2+. The van der Waals surface area contributed by atoms with Gasteiger partial charge < -0.3 is 10.2 Å². The maximum atomic E-state index is 5.36. The molecule has 14 heavy (non-hydrogen) atoms. The van der Waals surface area contributed by atoms with E-state index >= 15 is 0 Å². The number of rotatable bonds is 8. The normalized spacial score (nSPS) is 11.4. The van der Waals surface area contributed by atoms with Gasteiger partial charge >= 0.3 is 0 Å². The fourth-order valence-corrected chi connectivity index (χ4v) is 1.55. The second kappa shape index (κ2) is 7.15. The molecular weight excluding hydrogens is 172 g/mol. The van der Waals surface area contributed by atoms with Gasteiger partial charge in [0.1, 0.15) is 0 Å². The molecule has 0 atom stereocenters. The molecule has 0 unspecified atom stereocenters. The summed E-state index contributed by atoms with van der Waals surface area (Å²) in [5.41, 5.74) is 5.36. The summed E-state index contributed by atoms with van der Waals surface area (Å²) in [6.45, 7) is 14.9. The fourth-order valence-electron chi connectivity index (χ4n) is 1.55. The van der Waals surface area contributed by atoms with Crippen molar-refractivity contribution in [3.8, 4) is 0 Å². The van der Waals surface area contributed by atoms with Crippen LogP contribution in [0.25, 0.3) is 0 Å². The average molecular weight is 193 g/mol. The van der Waals surface area contributed by atoms with E-state index in [-0.39, 0.29) is 0 Å². The number of hydrogen-bond donors (Lipinski definition) is 1. The molecule has 2 heteroatoms. The Morgan fingerprint density at radius 2 is 1.29 bits per heavy atom. The van der Waals surface area contributed by atoms with Crippen molar-refractivity contribution >= 4 is 0 Å². The van der Waals surface area contributed by atoms with Gasteiger partial charge in [-0.15, -0.1) is 0 Å². The molecule has 0 aromatic carbocycles. The summed E-state index contributed by atoms with van der Waals surface area (Å²) in [5, 5.41) is 0. The molecule has 0 fully saturated rings. The number of nitrogens with two attached hydrogens (primary N) is 1. The van der Waals surface area contributed by atoms with Gasteiger partial charge in [0.05, 0.1) is 26.2 Å². The van der Waals surface area contributed by atoms with Crippen molar-refractivity contribution in [1.82, 2.24) is 0 Å². The van der Waals surface area contributed by atoms with Crippen LogP contribution in [0.15, 0.2) is 50.2 Å². The van der Waals surface area contributed by atoms with Gasteiger partial charge in [-0.05, 0) is 30.5 Å². The fraction of sp³-hybridized carbons (Fsp3) is 0.333. The highest BCUT2D eigenvalue weighted by Crippen LogP contribution is 2.07. The Morgan fingerprint density at radius 1 is 0.857 bits per heavy atom. The topological polar surface area (TPSA) is 26.0 Å². The van der Waals surface area contributed by atoms with Gasteiger partial charge in [0.25, 0.3) is 0 Å². The summed E-state index contributed by atoms with van der Waals surface area (Å²) in [7, 11) is 0. The molecule has 0 aliphatic heterocycles. The summed E-state index contributed by atoms with van der Waals surface area (Å²) < 4.78 is 0.865. The first kappa shape index (κ1) is 12.7. The molecule has 0 spiro atoms. The van der Waals surface area contributed by atoms with Gasteiger partial charge in [0, 0.05) is 0 Å². The van der Waals surface area contributed by atoms with Crippen molar-refractivity contribution < 1.29 is 4.48 Å². The van der Waals surface area contributed by atoms with Crippen LogP contribution in [0.1, 0.15) is 0 Å². The van der Waals surface area contributed by atoms with Crippen LogP contribution >= 0.6 is 0 Å². The van der Waals surface area contributed by atoms with Gasteiger partial charge in [-0.2, -0.15) is 0 Å². The maximum absolute atomic E-state index is 5.36. The first-order valence-electron chi connectivity index (χ1n) is 4.79. The third-order valence-electron chi connectivity index (χ3n) is 2.18. The van der Waals surface area contributed by atoms with Crippen molar-refractivity contribution in [2.45, 2.75) is 0 Å². The SMILES string of the molecule is C=CC[N+](CC=C)(CC=C)CC=CN. The zero-order chi connectivity index (χ0) is 10.9. The van der Waals surface area contributed by atoms with E-state index in [2.05, 4.69) is 19.7 Å². The Labute approximate surface area is 87.3 Å². The highest BCUT2D eigenvalue weighted by atomic mass is 15.3. The standard InChI is InChI=1S/C12H21N2/c1-4-9-14(10-5-2,11-6-3)12-7-8-13/h4-8H,1-3,9-13H2/q+1. The van der Waals surface area contributed by atoms with Crippen LogP contribution in [0.5, 0.6) is 0 Å². The van der Waals surface area contributed by atoms with Crippen LogP contribution in [0.4, 0.5) is 0 Å². The van der Waals surface area contributed by atoms with Gasteiger partial charge in [-0.1, -0.05) is 19.7 Å². The minimum atomic E-state index is 0.865. The van der Waals surface area contributed by atoms with Crippen LogP contribution in [-0.2, 0) is 0 Å². The highest BCUT2D eigenvalue weighted by Gasteiger charge is 2.20. The molecule has 0 rings (SSSR count). The lowest BCUT2D eigenvalue weighted by Gasteiger charge is -2.35. The van der Waals surface area contributed by atoms with E-state index < -0.39 is 0 Å². The zero-order valence-electron chi connectivity index (χ0n) is 8.86. The van der Waals surface area contributed by atoms with Crippen molar-refractivity contribution in [3.05, 3.63) is 50.2 Å². The predicted octanol–water partition coefficient (Wildman–Crippen LogP) is 1.83. The lowest BCUT2D eigenvalue weighted by Crippen LogP contribution is -2.48. The van der Waals surface area contributed by atoms with Crippen LogP contribution in [0.2, 0.25) is 0 Å². The summed E-state index contributed by atoms with van der Waals surface area (Å²) in [6, 6.07) is 0. The molecule has 2 nitrogen and oxygen atoms in total. The second-order valence-corrected chi connectivity index (χ2v) is 3.37. The summed E-state index contributed by atoms with van der Waals surface area (Å²) in [5.74, 6) is 0. The lowest BCUT2D eigenvalue weighted by molar-refractivity contribution is -0.906. The van der Waals surface area contributed by atoms with Crippen LogP contribution in [0.3, 0.4) is 0 Å². The molecule has 0 amide bonds. The summed E-state index contributed by atoms with van der Waals surface area (Å²) in [6.07, 6.45) is 9.34. The zero-order valence-corrected chi connectivity index (χ0v) is 8.86.